The number of β-lactam (4-membered cyclic amide) rings is 1. The highest BCUT2D eigenvalue weighted by atomic mass is 32.2. The van der Waals surface area contributed by atoms with Crippen LogP contribution < -0.4 is 11.1 Å². The molecular weight excluding hydrogens is 606 g/mol. The van der Waals surface area contributed by atoms with Crippen LogP contribution in [0.4, 0.5) is 5.13 Å². The number of carboxylic acid groups (broad SMARTS) is 1. The standard InChI is InChI=1S/C30H29N5O7S2/c1-16-14-43-26-21(25(37)35(26)22(16)27(38)39)33-24(36)20(19-15-44-29(31)32-19)34-42-30(2,3)28(40)41-23(17-10-6-4-7-11-17)18-12-8-5-9-13-18/h4-13,15,21,23,26H,14H2,1-3H3,(H2,31,32)(H,33,36)(H,38,39)/b34-20-/t21-,26-/m1/s1. The predicted molar refractivity (Wildman–Crippen MR) is 164 cm³/mol. The van der Waals surface area contributed by atoms with Gasteiger partial charge in [0.05, 0.1) is 0 Å². The van der Waals surface area contributed by atoms with Crippen LogP contribution in [0.25, 0.3) is 0 Å². The van der Waals surface area contributed by atoms with Crippen LogP contribution in [0.5, 0.6) is 0 Å². The summed E-state index contributed by atoms with van der Waals surface area (Å²) < 4.78 is 5.92. The number of ether oxygens (including phenoxy) is 1. The van der Waals surface area contributed by atoms with Crippen LogP contribution in [0.3, 0.4) is 0 Å². The Morgan fingerprint density at radius 3 is 2.27 bits per heavy atom. The van der Waals surface area contributed by atoms with Crippen molar-refractivity contribution < 1.29 is 33.9 Å². The van der Waals surface area contributed by atoms with E-state index < -0.39 is 46.9 Å². The Morgan fingerprint density at radius 2 is 1.73 bits per heavy atom. The average molecular weight is 636 g/mol. The molecule has 0 saturated carbocycles. The number of benzene rings is 2. The Bertz CT molecular complexity index is 1620. The molecule has 0 radical (unpaired) electrons. The van der Waals surface area contributed by atoms with Crippen molar-refractivity contribution in [2.75, 3.05) is 11.5 Å². The Labute approximate surface area is 260 Å². The van der Waals surface area contributed by atoms with Crippen LogP contribution >= 0.6 is 23.1 Å². The van der Waals surface area contributed by atoms with E-state index in [0.29, 0.717) is 11.3 Å². The van der Waals surface area contributed by atoms with Crippen LogP contribution in [0.2, 0.25) is 0 Å². The molecule has 0 spiro atoms. The molecular formula is C30H29N5O7S2. The number of esters is 1. The number of carbonyl (C=O) groups is 4. The molecule has 2 amide bonds. The fourth-order valence-electron chi connectivity index (χ4n) is 4.62. The maximum Gasteiger partial charge on any atom is 0.353 e. The third-order valence-electron chi connectivity index (χ3n) is 6.91. The number of carbonyl (C=O) groups excluding carboxylic acids is 3. The fourth-order valence-corrected chi connectivity index (χ4v) is 6.46. The molecule has 228 valence electrons. The third kappa shape index (κ3) is 6.17. The number of amides is 2. The van der Waals surface area contributed by atoms with Crippen LogP contribution in [0.1, 0.15) is 43.7 Å². The summed E-state index contributed by atoms with van der Waals surface area (Å²) in [4.78, 5) is 62.5. The van der Waals surface area contributed by atoms with Crippen molar-refractivity contribution in [2.24, 2.45) is 5.16 Å². The zero-order valence-corrected chi connectivity index (χ0v) is 25.6. The van der Waals surface area contributed by atoms with Gasteiger partial charge in [-0.15, -0.1) is 23.1 Å². The molecule has 2 atom stereocenters. The normalized spacial score (nSPS) is 18.4. The minimum absolute atomic E-state index is 0.0718. The number of nitrogen functional groups attached to an aromatic ring is 1. The third-order valence-corrected chi connectivity index (χ3v) is 9.01. The van der Waals surface area contributed by atoms with E-state index in [2.05, 4.69) is 15.5 Å². The highest BCUT2D eigenvalue weighted by molar-refractivity contribution is 8.00. The van der Waals surface area contributed by atoms with Gasteiger partial charge in [-0.3, -0.25) is 14.5 Å². The number of aliphatic carboxylic acids is 1. The fraction of sp³-hybridized carbons (Fsp3) is 0.267. The smallest absolute Gasteiger partial charge is 0.353 e. The van der Waals surface area contributed by atoms with E-state index in [1.165, 1.54) is 35.9 Å². The number of aromatic nitrogens is 1. The molecule has 3 heterocycles. The summed E-state index contributed by atoms with van der Waals surface area (Å²) in [5.41, 5.74) is 5.86. The number of thiazole rings is 1. The highest BCUT2D eigenvalue weighted by Gasteiger charge is 2.54. The molecule has 0 unspecified atom stereocenters. The van der Waals surface area contributed by atoms with Crippen molar-refractivity contribution in [3.05, 3.63) is 94.1 Å². The van der Waals surface area contributed by atoms with Gasteiger partial charge in [-0.2, -0.15) is 0 Å². The van der Waals surface area contributed by atoms with Gasteiger partial charge in [0, 0.05) is 11.1 Å². The second-order valence-corrected chi connectivity index (χ2v) is 12.5. The Balaban J connectivity index is 1.35. The van der Waals surface area contributed by atoms with Crippen molar-refractivity contribution in [1.29, 1.82) is 0 Å². The summed E-state index contributed by atoms with van der Waals surface area (Å²) in [6, 6.07) is 17.4. The first-order chi connectivity index (χ1) is 21.0. The molecule has 14 heteroatoms. The van der Waals surface area contributed by atoms with E-state index in [1.807, 2.05) is 60.7 Å². The van der Waals surface area contributed by atoms with E-state index in [-0.39, 0.29) is 22.2 Å². The van der Waals surface area contributed by atoms with Gasteiger partial charge in [-0.25, -0.2) is 14.6 Å². The Kier molecular flexibility index (Phi) is 8.74. The number of hydrogen-bond donors (Lipinski definition) is 3. The number of anilines is 1. The number of oxime groups is 1. The van der Waals surface area contributed by atoms with Gasteiger partial charge in [-0.1, -0.05) is 65.8 Å². The van der Waals surface area contributed by atoms with E-state index in [1.54, 1.807) is 6.92 Å². The monoisotopic (exact) mass is 635 g/mol. The molecule has 44 heavy (non-hydrogen) atoms. The first-order valence-electron chi connectivity index (χ1n) is 13.4. The quantitative estimate of drug-likeness (QED) is 0.130. The lowest BCUT2D eigenvalue weighted by Gasteiger charge is -2.49. The van der Waals surface area contributed by atoms with Crippen LogP contribution in [-0.4, -0.2) is 67.2 Å². The molecule has 0 bridgehead atoms. The first kappa shape index (κ1) is 30.8. The van der Waals surface area contributed by atoms with Crippen LogP contribution in [-0.2, 0) is 28.8 Å². The van der Waals surface area contributed by atoms with E-state index in [0.717, 1.165) is 22.5 Å². The van der Waals surface area contributed by atoms with Gasteiger partial charge < -0.3 is 25.7 Å². The molecule has 1 aromatic heterocycles. The van der Waals surface area contributed by atoms with Gasteiger partial charge >= 0.3 is 11.9 Å². The second-order valence-electron chi connectivity index (χ2n) is 10.5. The molecule has 0 aliphatic carbocycles. The molecule has 12 nitrogen and oxygen atoms in total. The Morgan fingerprint density at radius 1 is 1.11 bits per heavy atom. The van der Waals surface area contributed by atoms with E-state index in [9.17, 15) is 24.3 Å². The first-order valence-corrected chi connectivity index (χ1v) is 15.4. The van der Waals surface area contributed by atoms with Gasteiger partial charge in [-0.05, 0) is 37.5 Å². The summed E-state index contributed by atoms with van der Waals surface area (Å²) in [7, 11) is 0. The van der Waals surface area contributed by atoms with Gasteiger partial charge in [0.2, 0.25) is 5.60 Å². The lowest BCUT2D eigenvalue weighted by molar-refractivity contribution is -0.172. The molecule has 2 aromatic carbocycles. The maximum absolute atomic E-state index is 13.5. The van der Waals surface area contributed by atoms with E-state index in [4.69, 9.17) is 15.3 Å². The number of nitrogens with two attached hydrogens (primary N) is 1. The molecule has 2 aliphatic heterocycles. The van der Waals surface area contributed by atoms with Crippen molar-refractivity contribution in [3.8, 4) is 0 Å². The van der Waals surface area contributed by atoms with Crippen LogP contribution in [0, 0.1) is 0 Å². The molecule has 2 aliphatic rings. The minimum atomic E-state index is -1.66. The predicted octanol–water partition coefficient (Wildman–Crippen LogP) is 3.32. The number of carboxylic acids is 1. The summed E-state index contributed by atoms with van der Waals surface area (Å²) in [5.74, 6) is -2.95. The molecule has 4 N–H and O–H groups in total. The van der Waals surface area contributed by atoms with E-state index >= 15 is 0 Å². The largest absolute Gasteiger partial charge is 0.477 e. The zero-order valence-electron chi connectivity index (χ0n) is 23.9. The lowest BCUT2D eigenvalue weighted by atomic mass is 10.0. The zero-order chi connectivity index (χ0) is 31.6. The molecule has 1 saturated heterocycles. The number of nitrogens with zero attached hydrogens (tertiary/aromatic N) is 3. The van der Waals surface area contributed by atoms with Crippen molar-refractivity contribution in [3.63, 3.8) is 0 Å². The lowest BCUT2D eigenvalue weighted by Crippen LogP contribution is -2.71. The van der Waals surface area contributed by atoms with Gasteiger partial charge in [0.25, 0.3) is 11.8 Å². The number of fused-ring (bicyclic) bond motifs is 1. The average Bonchev–Trinajstić information content (AvgIpc) is 3.44. The topological polar surface area (TPSA) is 174 Å². The highest BCUT2D eigenvalue weighted by Crippen LogP contribution is 2.40. The molecule has 1 fully saturated rings. The summed E-state index contributed by atoms with van der Waals surface area (Å²) >= 11 is 2.40. The number of rotatable bonds is 10. The summed E-state index contributed by atoms with van der Waals surface area (Å²) in [6.07, 6.45) is -0.730. The SMILES string of the molecule is CC1=C(C(=O)O)N2C(=O)[C@@H](NC(=O)/C(=N\OC(C)(C)C(=O)OC(c3ccccc3)c3ccccc3)c3csc(N)n3)[C@H]2SC1. The van der Waals surface area contributed by atoms with Gasteiger partial charge in [0.15, 0.2) is 16.9 Å². The maximum atomic E-state index is 13.5. The second kappa shape index (κ2) is 12.5. The van der Waals surface area contributed by atoms with Gasteiger partial charge in [0.1, 0.15) is 22.8 Å². The Hall–Kier alpha value is -4.69. The van der Waals surface area contributed by atoms with Crippen molar-refractivity contribution in [2.45, 2.75) is 43.9 Å². The summed E-state index contributed by atoms with van der Waals surface area (Å²) in [5, 5.41) is 17.3. The van der Waals surface area contributed by atoms with Crippen molar-refractivity contribution >= 4 is 57.7 Å². The number of thioether (sulfide) groups is 1. The number of nitrogens with one attached hydrogen (secondary N) is 1. The van der Waals surface area contributed by atoms with Crippen LogP contribution in [0.15, 0.2) is 82.5 Å². The molecule has 3 aromatic rings. The van der Waals surface area contributed by atoms with Crippen molar-refractivity contribution in [1.82, 2.24) is 15.2 Å². The number of hydrogen-bond acceptors (Lipinski definition) is 11. The summed E-state index contributed by atoms with van der Waals surface area (Å²) in [6.45, 7) is 4.55. The minimum Gasteiger partial charge on any atom is -0.477 e. The molecule has 5 rings (SSSR count).